The summed E-state index contributed by atoms with van der Waals surface area (Å²) in [5.41, 5.74) is 1.73. The van der Waals surface area contributed by atoms with Crippen molar-refractivity contribution in [2.75, 3.05) is 19.1 Å². The number of anilines is 1. The summed E-state index contributed by atoms with van der Waals surface area (Å²) in [6.45, 7) is 0. The molecule has 0 amide bonds. The lowest BCUT2D eigenvalue weighted by atomic mass is 10.0. The molecule has 1 saturated heterocycles. The number of ether oxygens (including phenoxy) is 2. The fourth-order valence-electron chi connectivity index (χ4n) is 3.38. The van der Waals surface area contributed by atoms with Crippen LogP contribution in [0.3, 0.4) is 0 Å². The van der Waals surface area contributed by atoms with E-state index in [4.69, 9.17) is 33.3 Å². The molecule has 1 fully saturated rings. The second kappa shape index (κ2) is 7.95. The summed E-state index contributed by atoms with van der Waals surface area (Å²) >= 11 is 13.5. The molecule has 3 aromatic rings. The van der Waals surface area contributed by atoms with Gasteiger partial charge in [-0.2, -0.15) is 0 Å². The Morgan fingerprint density at radius 3 is 2.64 bits per heavy atom. The summed E-state index contributed by atoms with van der Waals surface area (Å²) < 4.78 is 11.8. The SMILES string of the molecule is COc1ccc(OC)c(N2C(=S)N[C@H](c3ccccn3)[C@@H]2c2ccc(Cl)s2)c1. The minimum absolute atomic E-state index is 0.124. The van der Waals surface area contributed by atoms with Gasteiger partial charge in [0.15, 0.2) is 5.11 Å². The molecule has 5 nitrogen and oxygen atoms in total. The van der Waals surface area contributed by atoms with E-state index < -0.39 is 0 Å². The number of thiocarbonyl (C=S) groups is 1. The van der Waals surface area contributed by atoms with E-state index in [0.29, 0.717) is 10.9 Å². The molecule has 3 heterocycles. The van der Waals surface area contributed by atoms with E-state index in [-0.39, 0.29) is 12.1 Å². The van der Waals surface area contributed by atoms with Gasteiger partial charge in [0.2, 0.25) is 0 Å². The third kappa shape index (κ3) is 3.41. The Kier molecular flexibility index (Phi) is 5.39. The Balaban J connectivity index is 1.87. The van der Waals surface area contributed by atoms with E-state index in [0.717, 1.165) is 26.3 Å². The van der Waals surface area contributed by atoms with E-state index in [2.05, 4.69) is 15.2 Å². The molecular formula is C20H18ClN3O2S2. The summed E-state index contributed by atoms with van der Waals surface area (Å²) in [5.74, 6) is 1.43. The lowest BCUT2D eigenvalue weighted by molar-refractivity contribution is 0.403. The van der Waals surface area contributed by atoms with Gasteiger partial charge in [0, 0.05) is 17.1 Å². The lowest BCUT2D eigenvalue weighted by Gasteiger charge is -2.28. The predicted molar refractivity (Wildman–Crippen MR) is 117 cm³/mol. The minimum Gasteiger partial charge on any atom is -0.497 e. The zero-order valence-electron chi connectivity index (χ0n) is 15.3. The molecule has 1 aliphatic heterocycles. The molecule has 0 saturated carbocycles. The van der Waals surface area contributed by atoms with E-state index in [9.17, 15) is 0 Å². The lowest BCUT2D eigenvalue weighted by Crippen LogP contribution is -2.29. The van der Waals surface area contributed by atoms with Gasteiger partial charge >= 0.3 is 0 Å². The number of benzene rings is 1. The van der Waals surface area contributed by atoms with Crippen LogP contribution >= 0.6 is 35.2 Å². The maximum Gasteiger partial charge on any atom is 0.174 e. The van der Waals surface area contributed by atoms with Crippen molar-refractivity contribution in [3.63, 3.8) is 0 Å². The Labute approximate surface area is 177 Å². The smallest absolute Gasteiger partial charge is 0.174 e. The van der Waals surface area contributed by atoms with Gasteiger partial charge in [-0.1, -0.05) is 17.7 Å². The Bertz CT molecular complexity index is 996. The van der Waals surface area contributed by atoms with Crippen molar-refractivity contribution < 1.29 is 9.47 Å². The number of nitrogens with one attached hydrogen (secondary N) is 1. The van der Waals surface area contributed by atoms with Crippen LogP contribution in [0.1, 0.15) is 22.7 Å². The highest BCUT2D eigenvalue weighted by molar-refractivity contribution is 7.80. The Hall–Kier alpha value is -2.35. The van der Waals surface area contributed by atoms with Crippen LogP contribution in [0.2, 0.25) is 4.34 Å². The maximum absolute atomic E-state index is 6.26. The molecule has 1 N–H and O–H groups in total. The zero-order chi connectivity index (χ0) is 19.7. The molecule has 0 radical (unpaired) electrons. The fraction of sp³-hybridized carbons (Fsp3) is 0.200. The zero-order valence-corrected chi connectivity index (χ0v) is 17.6. The largest absolute Gasteiger partial charge is 0.497 e. The van der Waals surface area contributed by atoms with Crippen molar-refractivity contribution in [2.45, 2.75) is 12.1 Å². The number of hydrogen-bond acceptors (Lipinski definition) is 5. The van der Waals surface area contributed by atoms with Crippen molar-refractivity contribution in [2.24, 2.45) is 0 Å². The van der Waals surface area contributed by atoms with E-state index in [1.165, 1.54) is 11.3 Å². The van der Waals surface area contributed by atoms with E-state index in [1.54, 1.807) is 20.4 Å². The number of rotatable bonds is 5. The molecule has 1 aliphatic rings. The van der Waals surface area contributed by atoms with Crippen LogP contribution in [0.5, 0.6) is 11.5 Å². The highest BCUT2D eigenvalue weighted by Gasteiger charge is 2.42. The molecule has 2 aromatic heterocycles. The number of pyridine rings is 1. The van der Waals surface area contributed by atoms with Gasteiger partial charge in [-0.05, 0) is 48.6 Å². The van der Waals surface area contributed by atoms with Crippen LogP contribution < -0.4 is 19.7 Å². The first-order chi connectivity index (χ1) is 13.6. The van der Waals surface area contributed by atoms with Gasteiger partial charge in [-0.25, -0.2) is 0 Å². The molecule has 1 aromatic carbocycles. The third-order valence-corrected chi connectivity index (χ3v) is 6.25. The van der Waals surface area contributed by atoms with Crippen LogP contribution in [0.4, 0.5) is 5.69 Å². The molecular weight excluding hydrogens is 414 g/mol. The van der Waals surface area contributed by atoms with Gasteiger partial charge in [-0.15, -0.1) is 11.3 Å². The molecule has 4 rings (SSSR count). The molecule has 0 unspecified atom stereocenters. The third-order valence-electron chi connectivity index (χ3n) is 4.63. The number of hydrogen-bond donors (Lipinski definition) is 1. The summed E-state index contributed by atoms with van der Waals surface area (Å²) in [6.07, 6.45) is 1.79. The van der Waals surface area contributed by atoms with Crippen molar-refractivity contribution in [3.05, 3.63) is 69.6 Å². The number of halogens is 1. The van der Waals surface area contributed by atoms with Crippen LogP contribution in [0, 0.1) is 0 Å². The Morgan fingerprint density at radius 2 is 2.00 bits per heavy atom. The average molecular weight is 432 g/mol. The average Bonchev–Trinajstić information content (AvgIpc) is 3.30. The number of methoxy groups -OCH3 is 2. The second-order valence-corrected chi connectivity index (χ2v) is 8.31. The summed E-state index contributed by atoms with van der Waals surface area (Å²) in [5, 5.41) is 4.02. The standard InChI is InChI=1S/C20H18ClN3O2S2/c1-25-12-6-7-15(26-2)14(11-12)24-19(16-8-9-17(21)28-16)18(23-20(24)27)13-5-3-4-10-22-13/h3-11,18-19H,1-2H3,(H,23,27)/t18-,19+/m1/s1. The first kappa shape index (κ1) is 19.0. The van der Waals surface area contributed by atoms with Crippen LogP contribution in [0.25, 0.3) is 0 Å². The number of aromatic nitrogens is 1. The van der Waals surface area contributed by atoms with E-state index >= 15 is 0 Å². The van der Waals surface area contributed by atoms with Crippen molar-refractivity contribution in [3.8, 4) is 11.5 Å². The molecule has 0 bridgehead atoms. The fourth-order valence-corrected chi connectivity index (χ4v) is 4.90. The Morgan fingerprint density at radius 1 is 1.14 bits per heavy atom. The second-order valence-electron chi connectivity index (χ2n) is 6.18. The van der Waals surface area contributed by atoms with Gasteiger partial charge < -0.3 is 19.7 Å². The number of thiophene rings is 1. The van der Waals surface area contributed by atoms with Crippen LogP contribution in [-0.2, 0) is 0 Å². The topological polar surface area (TPSA) is 46.6 Å². The first-order valence-corrected chi connectivity index (χ1v) is 10.2. The van der Waals surface area contributed by atoms with Crippen molar-refractivity contribution in [1.29, 1.82) is 0 Å². The summed E-state index contributed by atoms with van der Waals surface area (Å²) in [7, 11) is 3.28. The van der Waals surface area contributed by atoms with Gasteiger partial charge in [0.25, 0.3) is 0 Å². The predicted octanol–water partition coefficient (Wildman–Crippen LogP) is 4.99. The summed E-state index contributed by atoms with van der Waals surface area (Å²) in [4.78, 5) is 7.68. The van der Waals surface area contributed by atoms with Gasteiger partial charge in [0.05, 0.1) is 42.0 Å². The molecule has 144 valence electrons. The maximum atomic E-state index is 6.26. The van der Waals surface area contributed by atoms with E-state index in [1.807, 2.05) is 48.5 Å². The van der Waals surface area contributed by atoms with Crippen LogP contribution in [0.15, 0.2) is 54.7 Å². The molecule has 0 spiro atoms. The molecule has 8 heteroatoms. The van der Waals surface area contributed by atoms with Crippen molar-refractivity contribution >= 4 is 46.0 Å². The van der Waals surface area contributed by atoms with Gasteiger partial charge in [0.1, 0.15) is 11.5 Å². The normalized spacial score (nSPS) is 18.8. The van der Waals surface area contributed by atoms with Crippen molar-refractivity contribution in [1.82, 2.24) is 10.3 Å². The quantitative estimate of drug-likeness (QED) is 0.574. The molecule has 2 atom stereocenters. The highest BCUT2D eigenvalue weighted by Crippen LogP contribution is 2.47. The molecule has 28 heavy (non-hydrogen) atoms. The summed E-state index contributed by atoms with van der Waals surface area (Å²) in [6, 6.07) is 15.2. The van der Waals surface area contributed by atoms with Crippen LogP contribution in [-0.4, -0.2) is 24.3 Å². The first-order valence-electron chi connectivity index (χ1n) is 8.60. The van der Waals surface area contributed by atoms with Gasteiger partial charge in [-0.3, -0.25) is 4.98 Å². The molecule has 0 aliphatic carbocycles. The number of nitrogens with zero attached hydrogens (tertiary/aromatic N) is 2. The minimum atomic E-state index is -0.126. The highest BCUT2D eigenvalue weighted by atomic mass is 35.5. The monoisotopic (exact) mass is 431 g/mol.